The maximum atomic E-state index is 12.2. The molecule has 4 aliphatic rings. The zero-order valence-corrected chi connectivity index (χ0v) is 20.1. The molecule has 0 heterocycles. The Kier molecular flexibility index (Phi) is 6.21. The summed E-state index contributed by atoms with van der Waals surface area (Å²) >= 11 is 0. The second-order valence-corrected chi connectivity index (χ2v) is 12.6. The molecule has 0 radical (unpaired) electrons. The number of carbonyl (C=O) groups is 1. The van der Waals surface area contributed by atoms with Crippen molar-refractivity contribution in [2.75, 3.05) is 0 Å². The lowest BCUT2D eigenvalue weighted by atomic mass is 9.44. The fraction of sp³-hybridized carbons (Fsp3) is 0.963. The third-order valence-corrected chi connectivity index (χ3v) is 10.9. The first kappa shape index (κ1) is 22.8. The van der Waals surface area contributed by atoms with Gasteiger partial charge < -0.3 is 10.2 Å². The first-order chi connectivity index (χ1) is 14.1. The third kappa shape index (κ3) is 3.60. The largest absolute Gasteiger partial charge is 0.393 e. The average molecular weight is 419 g/mol. The van der Waals surface area contributed by atoms with Crippen LogP contribution >= 0.6 is 0 Å². The van der Waals surface area contributed by atoms with Crippen LogP contribution < -0.4 is 0 Å². The average Bonchev–Trinajstić information content (AvgIpc) is 3.04. The lowest BCUT2D eigenvalue weighted by molar-refractivity contribution is -0.172. The lowest BCUT2D eigenvalue weighted by Crippen LogP contribution is -2.58. The molecule has 4 saturated carbocycles. The monoisotopic (exact) mass is 418 g/mol. The molecule has 0 bridgehead atoms. The molecule has 3 unspecified atom stereocenters. The van der Waals surface area contributed by atoms with Gasteiger partial charge in [0.15, 0.2) is 0 Å². The van der Waals surface area contributed by atoms with Crippen LogP contribution in [-0.2, 0) is 4.79 Å². The minimum absolute atomic E-state index is 0.158. The molecule has 10 atom stereocenters. The highest BCUT2D eigenvalue weighted by Gasteiger charge is 2.62. The van der Waals surface area contributed by atoms with E-state index < -0.39 is 0 Å². The number of aliphatic hydroxyl groups is 2. The maximum absolute atomic E-state index is 12.2. The van der Waals surface area contributed by atoms with Crippen molar-refractivity contribution < 1.29 is 15.0 Å². The second kappa shape index (κ2) is 8.18. The molecule has 3 heteroatoms. The molecular formula is C27H46O3. The number of fused-ring (bicyclic) bond motifs is 5. The number of aliphatic hydroxyl groups excluding tert-OH is 2. The fourth-order valence-corrected chi connectivity index (χ4v) is 9.11. The van der Waals surface area contributed by atoms with Gasteiger partial charge in [0, 0.05) is 12.3 Å². The smallest absolute Gasteiger partial charge is 0.135 e. The molecule has 0 aromatic heterocycles. The summed E-state index contributed by atoms with van der Waals surface area (Å²) in [5.74, 6) is 4.27. The Bertz CT molecular complexity index is 644. The summed E-state index contributed by atoms with van der Waals surface area (Å²) in [4.78, 5) is 12.2. The van der Waals surface area contributed by atoms with Crippen LogP contribution in [-0.4, -0.2) is 28.2 Å². The van der Waals surface area contributed by atoms with E-state index in [4.69, 9.17) is 0 Å². The van der Waals surface area contributed by atoms with Gasteiger partial charge in [-0.3, -0.25) is 4.79 Å². The molecule has 3 nitrogen and oxygen atoms in total. The van der Waals surface area contributed by atoms with Crippen LogP contribution in [0.25, 0.3) is 0 Å². The van der Waals surface area contributed by atoms with Crippen molar-refractivity contribution in [1.82, 2.24) is 0 Å². The Morgan fingerprint density at radius 2 is 1.57 bits per heavy atom. The van der Waals surface area contributed by atoms with Crippen molar-refractivity contribution in [2.45, 2.75) is 111 Å². The number of Topliss-reactive ketones (excluding diaryl/α,β-unsaturated/α-hetero) is 1. The topological polar surface area (TPSA) is 57.5 Å². The minimum Gasteiger partial charge on any atom is -0.393 e. The first-order valence-electron chi connectivity index (χ1n) is 13.0. The summed E-state index contributed by atoms with van der Waals surface area (Å²) < 4.78 is 0. The Balaban J connectivity index is 1.50. The zero-order valence-electron chi connectivity index (χ0n) is 20.1. The molecular weight excluding hydrogens is 372 g/mol. The Morgan fingerprint density at radius 1 is 0.900 bits per heavy atom. The summed E-state index contributed by atoms with van der Waals surface area (Å²) in [5, 5.41) is 21.4. The molecule has 4 aliphatic carbocycles. The molecule has 0 aliphatic heterocycles. The summed E-state index contributed by atoms with van der Waals surface area (Å²) in [6.45, 7) is 11.4. The summed E-state index contributed by atoms with van der Waals surface area (Å²) in [7, 11) is 0. The summed E-state index contributed by atoms with van der Waals surface area (Å²) in [6, 6.07) is 0. The fourth-order valence-electron chi connectivity index (χ4n) is 9.11. The molecule has 0 amide bonds. The Hall–Kier alpha value is -0.410. The summed E-state index contributed by atoms with van der Waals surface area (Å²) in [5.41, 5.74) is 0.578. The molecule has 0 aromatic rings. The van der Waals surface area contributed by atoms with Crippen molar-refractivity contribution in [1.29, 1.82) is 0 Å². The van der Waals surface area contributed by atoms with E-state index in [0.717, 1.165) is 50.4 Å². The number of hydrogen-bond donors (Lipinski definition) is 2. The van der Waals surface area contributed by atoms with E-state index in [9.17, 15) is 15.0 Å². The van der Waals surface area contributed by atoms with Crippen LogP contribution in [0.1, 0.15) is 98.8 Å². The van der Waals surface area contributed by atoms with Gasteiger partial charge in [0.2, 0.25) is 0 Å². The molecule has 4 fully saturated rings. The van der Waals surface area contributed by atoms with E-state index in [2.05, 4.69) is 20.8 Å². The van der Waals surface area contributed by atoms with Gasteiger partial charge in [0.25, 0.3) is 0 Å². The minimum atomic E-state index is -0.242. The van der Waals surface area contributed by atoms with Gasteiger partial charge in [-0.2, -0.15) is 0 Å². The highest BCUT2D eigenvalue weighted by molar-refractivity contribution is 5.80. The molecule has 4 rings (SSSR count). The van der Waals surface area contributed by atoms with Gasteiger partial charge in [-0.1, -0.05) is 34.6 Å². The molecule has 172 valence electrons. The van der Waals surface area contributed by atoms with E-state index in [1.54, 1.807) is 0 Å². The quantitative estimate of drug-likeness (QED) is 0.609. The van der Waals surface area contributed by atoms with Crippen LogP contribution in [0, 0.1) is 52.3 Å². The molecule has 0 saturated heterocycles. The number of hydrogen-bond acceptors (Lipinski definition) is 3. The highest BCUT2D eigenvalue weighted by atomic mass is 16.3. The molecule has 2 N–H and O–H groups in total. The van der Waals surface area contributed by atoms with E-state index in [-0.39, 0.29) is 29.5 Å². The summed E-state index contributed by atoms with van der Waals surface area (Å²) in [6.07, 6.45) is 10.3. The van der Waals surface area contributed by atoms with Gasteiger partial charge in [0.05, 0.1) is 12.2 Å². The molecule has 0 aromatic carbocycles. The number of ketones is 1. The highest BCUT2D eigenvalue weighted by Crippen LogP contribution is 2.68. The number of carbonyl (C=O) groups excluding carboxylic acids is 1. The van der Waals surface area contributed by atoms with E-state index in [1.165, 1.54) is 25.7 Å². The van der Waals surface area contributed by atoms with Crippen LogP contribution in [0.4, 0.5) is 0 Å². The van der Waals surface area contributed by atoms with Gasteiger partial charge >= 0.3 is 0 Å². The Morgan fingerprint density at radius 3 is 2.27 bits per heavy atom. The van der Waals surface area contributed by atoms with Crippen molar-refractivity contribution in [2.24, 2.45) is 52.3 Å². The lowest BCUT2D eigenvalue weighted by Gasteiger charge is -2.62. The predicted octanol–water partition coefficient (Wildman–Crippen LogP) is 5.62. The third-order valence-electron chi connectivity index (χ3n) is 10.9. The van der Waals surface area contributed by atoms with E-state index in [1.807, 2.05) is 13.8 Å². The van der Waals surface area contributed by atoms with Crippen molar-refractivity contribution in [3.8, 4) is 0 Å². The molecule has 30 heavy (non-hydrogen) atoms. The maximum Gasteiger partial charge on any atom is 0.135 e. The predicted molar refractivity (Wildman–Crippen MR) is 121 cm³/mol. The van der Waals surface area contributed by atoms with E-state index in [0.29, 0.717) is 29.0 Å². The SMILES string of the molecule is CC(C)C(=O)CC[C@@H](C)[C@H]1CC[C@H]2[C@@H]3CC(O)C4CC(O)CC[C@]4(C)[C@H]3CC[C@]12C. The standard InChI is InChI=1S/C27H46O3/c1-16(2)24(29)9-6-17(3)20-7-8-21-19-15-25(30)23-14-18(28)10-12-27(23,5)22(19)11-13-26(20,21)4/h16-23,25,28,30H,6-15H2,1-5H3/t17-,18?,19+,20-,21+,22+,23?,25?,26-,27-/m1/s1. The second-order valence-electron chi connectivity index (χ2n) is 12.6. The van der Waals surface area contributed by atoms with E-state index >= 15 is 0 Å². The van der Waals surface area contributed by atoms with Gasteiger partial charge in [-0.15, -0.1) is 0 Å². The van der Waals surface area contributed by atoms with Crippen molar-refractivity contribution in [3.05, 3.63) is 0 Å². The Labute approximate surface area is 184 Å². The first-order valence-corrected chi connectivity index (χ1v) is 13.0. The van der Waals surface area contributed by atoms with Crippen LogP contribution in [0.3, 0.4) is 0 Å². The van der Waals surface area contributed by atoms with Gasteiger partial charge in [0.1, 0.15) is 5.78 Å². The van der Waals surface area contributed by atoms with Gasteiger partial charge in [-0.05, 0) is 104 Å². The van der Waals surface area contributed by atoms with Crippen LogP contribution in [0.5, 0.6) is 0 Å². The van der Waals surface area contributed by atoms with Crippen molar-refractivity contribution in [3.63, 3.8) is 0 Å². The normalized spacial score (nSPS) is 49.3. The van der Waals surface area contributed by atoms with Gasteiger partial charge in [-0.25, -0.2) is 0 Å². The van der Waals surface area contributed by atoms with Crippen LogP contribution in [0.2, 0.25) is 0 Å². The van der Waals surface area contributed by atoms with Crippen molar-refractivity contribution >= 4 is 5.78 Å². The molecule has 0 spiro atoms. The zero-order chi connectivity index (χ0) is 21.8. The number of rotatable bonds is 5. The van der Waals surface area contributed by atoms with Crippen LogP contribution in [0.15, 0.2) is 0 Å².